The maximum atomic E-state index is 13.2. The molecule has 2 atom stereocenters. The van der Waals surface area contributed by atoms with E-state index in [0.717, 1.165) is 47.5 Å². The first-order chi connectivity index (χ1) is 13.2. The van der Waals surface area contributed by atoms with Gasteiger partial charge in [0.1, 0.15) is 5.82 Å². The highest BCUT2D eigenvalue weighted by Crippen LogP contribution is 2.34. The monoisotopic (exact) mass is 423 g/mol. The fourth-order valence-corrected chi connectivity index (χ4v) is 4.62. The van der Waals surface area contributed by atoms with Crippen molar-refractivity contribution in [1.82, 2.24) is 24.6 Å². The second-order valence-corrected chi connectivity index (χ2v) is 8.03. The maximum Gasteiger partial charge on any atom is 0.256 e. The van der Waals surface area contributed by atoms with Crippen LogP contribution in [0.15, 0.2) is 53.3 Å². The number of halogens is 1. The topological polar surface area (TPSA) is 63.9 Å². The minimum atomic E-state index is 0.0521. The predicted molar refractivity (Wildman–Crippen MR) is 104 cm³/mol. The van der Waals surface area contributed by atoms with Gasteiger partial charge in [0.05, 0.1) is 11.6 Å². The lowest BCUT2D eigenvalue weighted by Gasteiger charge is -2.28. The minimum absolute atomic E-state index is 0.0521. The molecule has 2 aliphatic rings. The van der Waals surface area contributed by atoms with Gasteiger partial charge >= 0.3 is 0 Å². The van der Waals surface area contributed by atoms with Crippen LogP contribution < -0.4 is 0 Å². The number of carbonyl (C=O) groups is 1. The largest absolute Gasteiger partial charge is 0.330 e. The molecule has 136 valence electrons. The SMILES string of the molecule is O=C(c1cncc(Br)c1)N1C2CCC1Cn1c(nnc1-c1ccccc1)C2. The van der Waals surface area contributed by atoms with Crippen molar-refractivity contribution in [2.45, 2.75) is 37.9 Å². The molecule has 1 amide bonds. The zero-order valence-corrected chi connectivity index (χ0v) is 16.2. The van der Waals surface area contributed by atoms with E-state index < -0.39 is 0 Å². The molecule has 5 rings (SSSR count). The van der Waals surface area contributed by atoms with Crippen molar-refractivity contribution in [1.29, 1.82) is 0 Å². The average Bonchev–Trinajstić information content (AvgIpc) is 3.21. The van der Waals surface area contributed by atoms with Crippen LogP contribution in [0.2, 0.25) is 0 Å². The summed E-state index contributed by atoms with van der Waals surface area (Å²) in [6.07, 6.45) is 6.09. The number of amides is 1. The van der Waals surface area contributed by atoms with Crippen LogP contribution in [0.5, 0.6) is 0 Å². The number of rotatable bonds is 2. The van der Waals surface area contributed by atoms with Crippen LogP contribution in [0.4, 0.5) is 0 Å². The standard InChI is InChI=1S/C20H18BrN5O/c21-15-8-14(10-22-11-15)20(27)26-16-6-7-17(26)12-25-18(9-16)23-24-19(25)13-4-2-1-3-5-13/h1-5,8,10-11,16-17H,6-7,9,12H2. The zero-order chi connectivity index (χ0) is 18.4. The highest BCUT2D eigenvalue weighted by atomic mass is 79.9. The second kappa shape index (κ2) is 6.56. The lowest BCUT2D eigenvalue weighted by Crippen LogP contribution is -2.42. The van der Waals surface area contributed by atoms with Gasteiger partial charge in [-0.2, -0.15) is 0 Å². The van der Waals surface area contributed by atoms with Crippen molar-refractivity contribution >= 4 is 21.8 Å². The molecule has 7 heteroatoms. The average molecular weight is 424 g/mol. The van der Waals surface area contributed by atoms with Crippen molar-refractivity contribution in [3.8, 4) is 11.4 Å². The van der Waals surface area contributed by atoms with E-state index in [1.807, 2.05) is 29.2 Å². The molecular formula is C20H18BrN5O. The first-order valence-corrected chi connectivity index (χ1v) is 9.91. The molecule has 2 unspecified atom stereocenters. The van der Waals surface area contributed by atoms with Gasteiger partial charge < -0.3 is 9.47 Å². The number of carbonyl (C=O) groups excluding carboxylic acids is 1. The molecule has 3 aromatic rings. The Morgan fingerprint density at radius 3 is 2.70 bits per heavy atom. The normalized spacial score (nSPS) is 21.0. The van der Waals surface area contributed by atoms with Crippen molar-refractivity contribution in [2.75, 3.05) is 0 Å². The third-order valence-electron chi connectivity index (χ3n) is 5.48. The summed E-state index contributed by atoms with van der Waals surface area (Å²) in [4.78, 5) is 19.4. The van der Waals surface area contributed by atoms with Crippen LogP contribution in [0.1, 0.15) is 29.0 Å². The Balaban J connectivity index is 1.49. The Hall–Kier alpha value is -2.54. The number of aromatic nitrogens is 4. The van der Waals surface area contributed by atoms with Crippen LogP contribution in [-0.2, 0) is 13.0 Å². The number of hydrogen-bond acceptors (Lipinski definition) is 4. The third kappa shape index (κ3) is 2.86. The summed E-state index contributed by atoms with van der Waals surface area (Å²) in [5.41, 5.74) is 1.69. The van der Waals surface area contributed by atoms with Gasteiger partial charge in [0.15, 0.2) is 5.82 Å². The van der Waals surface area contributed by atoms with Gasteiger partial charge in [0.25, 0.3) is 5.91 Å². The predicted octanol–water partition coefficient (Wildman–Crippen LogP) is 3.33. The van der Waals surface area contributed by atoms with E-state index >= 15 is 0 Å². The van der Waals surface area contributed by atoms with Gasteiger partial charge in [-0.25, -0.2) is 0 Å². The summed E-state index contributed by atoms with van der Waals surface area (Å²) in [7, 11) is 0. The molecule has 1 saturated heterocycles. The van der Waals surface area contributed by atoms with Gasteiger partial charge in [-0.3, -0.25) is 9.78 Å². The van der Waals surface area contributed by atoms with E-state index in [1.165, 1.54) is 0 Å². The van der Waals surface area contributed by atoms with E-state index in [-0.39, 0.29) is 18.0 Å². The molecule has 1 fully saturated rings. The molecular weight excluding hydrogens is 406 g/mol. The zero-order valence-electron chi connectivity index (χ0n) is 14.6. The van der Waals surface area contributed by atoms with E-state index in [9.17, 15) is 4.79 Å². The van der Waals surface area contributed by atoms with Gasteiger partial charge in [0.2, 0.25) is 0 Å². The Bertz CT molecular complexity index is 1000. The molecule has 2 aromatic heterocycles. The van der Waals surface area contributed by atoms with Crippen LogP contribution in [0, 0.1) is 0 Å². The van der Waals surface area contributed by atoms with Crippen LogP contribution in [0.3, 0.4) is 0 Å². The second-order valence-electron chi connectivity index (χ2n) is 7.11. The number of benzene rings is 1. The summed E-state index contributed by atoms with van der Waals surface area (Å²) in [6, 6.07) is 12.3. The lowest BCUT2D eigenvalue weighted by molar-refractivity contribution is 0.0665. The summed E-state index contributed by atoms with van der Waals surface area (Å²) in [5.74, 6) is 1.90. The molecule has 0 radical (unpaired) electrons. The molecule has 6 nitrogen and oxygen atoms in total. The Labute approximate surface area is 165 Å². The number of hydrogen-bond donors (Lipinski definition) is 0. The molecule has 2 aliphatic heterocycles. The van der Waals surface area contributed by atoms with E-state index in [2.05, 4.69) is 47.8 Å². The van der Waals surface area contributed by atoms with Crippen LogP contribution >= 0.6 is 15.9 Å². The number of nitrogens with zero attached hydrogens (tertiary/aromatic N) is 5. The highest BCUT2D eigenvalue weighted by molar-refractivity contribution is 9.10. The molecule has 4 heterocycles. The molecule has 27 heavy (non-hydrogen) atoms. The van der Waals surface area contributed by atoms with E-state index in [1.54, 1.807) is 12.4 Å². The fraction of sp³-hybridized carbons (Fsp3) is 0.300. The summed E-state index contributed by atoms with van der Waals surface area (Å²) in [5, 5.41) is 8.89. The third-order valence-corrected chi connectivity index (χ3v) is 5.91. The van der Waals surface area contributed by atoms with Crippen molar-refractivity contribution in [2.24, 2.45) is 0 Å². The molecule has 0 N–H and O–H groups in total. The first kappa shape index (κ1) is 16.6. The van der Waals surface area contributed by atoms with Gasteiger partial charge in [-0.15, -0.1) is 10.2 Å². The first-order valence-electron chi connectivity index (χ1n) is 9.11. The quantitative estimate of drug-likeness (QED) is 0.633. The fourth-order valence-electron chi connectivity index (χ4n) is 4.25. The Morgan fingerprint density at radius 2 is 1.89 bits per heavy atom. The van der Waals surface area contributed by atoms with Crippen molar-refractivity contribution in [3.05, 3.63) is 64.7 Å². The molecule has 0 spiro atoms. The molecule has 0 aliphatic carbocycles. The number of pyridine rings is 1. The Kier molecular flexibility index (Phi) is 4.04. The van der Waals surface area contributed by atoms with Gasteiger partial charge in [-0.05, 0) is 34.8 Å². The van der Waals surface area contributed by atoms with E-state index in [0.29, 0.717) is 5.56 Å². The number of fused-ring (bicyclic) bond motifs is 3. The van der Waals surface area contributed by atoms with Gasteiger partial charge in [-0.1, -0.05) is 30.3 Å². The molecule has 1 aromatic carbocycles. The van der Waals surface area contributed by atoms with Crippen molar-refractivity contribution in [3.63, 3.8) is 0 Å². The lowest BCUT2D eigenvalue weighted by atomic mass is 10.1. The molecule has 0 saturated carbocycles. The maximum absolute atomic E-state index is 13.2. The van der Waals surface area contributed by atoms with Crippen molar-refractivity contribution < 1.29 is 4.79 Å². The highest BCUT2D eigenvalue weighted by Gasteiger charge is 2.41. The summed E-state index contributed by atoms with van der Waals surface area (Å²) in [6.45, 7) is 0.732. The van der Waals surface area contributed by atoms with Crippen LogP contribution in [-0.4, -0.2) is 42.6 Å². The summed E-state index contributed by atoms with van der Waals surface area (Å²) >= 11 is 3.41. The summed E-state index contributed by atoms with van der Waals surface area (Å²) < 4.78 is 3.01. The van der Waals surface area contributed by atoms with Crippen LogP contribution in [0.25, 0.3) is 11.4 Å². The van der Waals surface area contributed by atoms with E-state index in [4.69, 9.17) is 0 Å². The molecule has 2 bridgehead atoms. The minimum Gasteiger partial charge on any atom is -0.330 e. The smallest absolute Gasteiger partial charge is 0.256 e. The Morgan fingerprint density at radius 1 is 1.07 bits per heavy atom. The van der Waals surface area contributed by atoms with Gasteiger partial charge in [0, 0.05) is 41.4 Å².